The first-order valence-electron chi connectivity index (χ1n) is 11.7. The van der Waals surface area contributed by atoms with Gasteiger partial charge in [-0.2, -0.15) is 0 Å². The Morgan fingerprint density at radius 1 is 1.00 bits per heavy atom. The molecule has 0 saturated heterocycles. The minimum Gasteiger partial charge on any atom is -0.473 e. The van der Waals surface area contributed by atoms with Gasteiger partial charge in [0, 0.05) is 16.5 Å². The average Bonchev–Trinajstić information content (AvgIpc) is 2.81. The molecule has 1 atom stereocenters. The summed E-state index contributed by atoms with van der Waals surface area (Å²) >= 11 is 6.19. The number of carbonyl (C=O) groups is 1. The number of halogens is 1. The number of aromatic nitrogens is 1. The van der Waals surface area contributed by atoms with Gasteiger partial charge in [-0.1, -0.05) is 54.1 Å². The number of Topliss-reactive ketones (excluding diaryl/α,β-unsaturated/α-hetero) is 1. The second kappa shape index (κ2) is 10.2. The molecule has 0 spiro atoms. The van der Waals surface area contributed by atoms with Crippen LogP contribution in [-0.4, -0.2) is 16.4 Å². The molecule has 0 saturated carbocycles. The first-order chi connectivity index (χ1) is 16.6. The molecule has 180 valence electrons. The number of ketones is 1. The van der Waals surface area contributed by atoms with Gasteiger partial charge in [0.25, 0.3) is 0 Å². The number of pyridine rings is 1. The van der Waals surface area contributed by atoms with Crippen LogP contribution < -0.4 is 4.74 Å². The zero-order chi connectivity index (χ0) is 25.2. The maximum absolute atomic E-state index is 12.8. The molecule has 0 aliphatic rings. The van der Waals surface area contributed by atoms with Crippen LogP contribution in [0.15, 0.2) is 72.8 Å². The molecule has 4 rings (SSSR count). The number of nitrogens with zero attached hydrogens (tertiary/aromatic N) is 1. The largest absolute Gasteiger partial charge is 0.473 e. The van der Waals surface area contributed by atoms with E-state index in [0.717, 1.165) is 38.7 Å². The lowest BCUT2D eigenvalue weighted by Gasteiger charge is -2.29. The number of aryl methyl sites for hydroxylation is 1. The number of rotatable bonds is 7. The van der Waals surface area contributed by atoms with Gasteiger partial charge in [0.1, 0.15) is 12.7 Å². The highest BCUT2D eigenvalue weighted by Gasteiger charge is 2.29. The van der Waals surface area contributed by atoms with Crippen LogP contribution in [0, 0.1) is 6.92 Å². The van der Waals surface area contributed by atoms with Gasteiger partial charge in [0.05, 0.1) is 11.1 Å². The topological polar surface area (TPSA) is 48.4 Å². The third-order valence-corrected chi connectivity index (χ3v) is 5.93. The van der Waals surface area contributed by atoms with Gasteiger partial charge < -0.3 is 9.47 Å². The fraction of sp³-hybridized carbons (Fsp3) is 0.267. The van der Waals surface area contributed by atoms with Gasteiger partial charge >= 0.3 is 0 Å². The molecule has 0 unspecified atom stereocenters. The summed E-state index contributed by atoms with van der Waals surface area (Å²) in [5, 5.41) is 1.57. The fourth-order valence-electron chi connectivity index (χ4n) is 4.18. The highest BCUT2D eigenvalue weighted by molar-refractivity contribution is 6.30. The smallest absolute Gasteiger partial charge is 0.214 e. The standard InChI is InChI=1S/C30H30ClNO3/c1-19-17-25-24(15-16-26(32-25)34-18-21-9-7-6-8-10-21)28(22-11-13-23(31)14-12-22)27(19)29(20(2)33)35-30(3,4)5/h6-17,29H,18H2,1-5H3/t29-/m1/s1. The molecule has 1 aromatic heterocycles. The second-order valence-corrected chi connectivity index (χ2v) is 10.1. The molecule has 0 aliphatic heterocycles. The van der Waals surface area contributed by atoms with Crippen molar-refractivity contribution in [1.29, 1.82) is 0 Å². The summed E-state index contributed by atoms with van der Waals surface area (Å²) in [5.41, 5.74) is 5.01. The maximum atomic E-state index is 12.8. The lowest BCUT2D eigenvalue weighted by atomic mass is 9.87. The first-order valence-corrected chi connectivity index (χ1v) is 12.1. The van der Waals surface area contributed by atoms with Crippen LogP contribution >= 0.6 is 11.6 Å². The highest BCUT2D eigenvalue weighted by Crippen LogP contribution is 2.41. The van der Waals surface area contributed by atoms with Crippen LogP contribution in [0.5, 0.6) is 5.88 Å². The summed E-state index contributed by atoms with van der Waals surface area (Å²) in [7, 11) is 0. The summed E-state index contributed by atoms with van der Waals surface area (Å²) < 4.78 is 12.3. The van der Waals surface area contributed by atoms with E-state index in [0.29, 0.717) is 17.5 Å². The number of hydrogen-bond donors (Lipinski definition) is 0. The minimum atomic E-state index is -0.709. The van der Waals surface area contributed by atoms with Crippen LogP contribution in [0.4, 0.5) is 0 Å². The van der Waals surface area contributed by atoms with E-state index in [9.17, 15) is 4.79 Å². The monoisotopic (exact) mass is 487 g/mol. The first kappa shape index (κ1) is 24.9. The van der Waals surface area contributed by atoms with E-state index in [-0.39, 0.29) is 5.78 Å². The van der Waals surface area contributed by atoms with Crippen molar-refractivity contribution >= 4 is 28.3 Å². The van der Waals surface area contributed by atoms with Crippen molar-refractivity contribution < 1.29 is 14.3 Å². The Morgan fingerprint density at radius 3 is 2.31 bits per heavy atom. The van der Waals surface area contributed by atoms with E-state index < -0.39 is 11.7 Å². The minimum absolute atomic E-state index is 0.0478. The van der Waals surface area contributed by atoms with Crippen LogP contribution in [0.3, 0.4) is 0 Å². The van der Waals surface area contributed by atoms with Crippen molar-refractivity contribution in [3.63, 3.8) is 0 Å². The van der Waals surface area contributed by atoms with E-state index in [4.69, 9.17) is 26.1 Å². The molecule has 0 N–H and O–H groups in total. The van der Waals surface area contributed by atoms with Crippen molar-refractivity contribution in [2.75, 3.05) is 0 Å². The normalized spacial score (nSPS) is 12.5. The molecule has 0 amide bonds. The lowest BCUT2D eigenvalue weighted by molar-refractivity contribution is -0.138. The summed E-state index contributed by atoms with van der Waals surface area (Å²) in [6.07, 6.45) is -0.709. The van der Waals surface area contributed by atoms with Crippen LogP contribution in [0.25, 0.3) is 22.0 Å². The second-order valence-electron chi connectivity index (χ2n) is 9.70. The number of hydrogen-bond acceptors (Lipinski definition) is 4. The lowest BCUT2D eigenvalue weighted by Crippen LogP contribution is -2.27. The van der Waals surface area contributed by atoms with Gasteiger partial charge in [-0.05, 0) is 86.7 Å². The summed E-state index contributed by atoms with van der Waals surface area (Å²) in [6.45, 7) is 9.88. The van der Waals surface area contributed by atoms with Crippen molar-refractivity contribution in [2.24, 2.45) is 0 Å². The molecule has 1 heterocycles. The Balaban J connectivity index is 1.87. The Kier molecular flexibility index (Phi) is 7.25. The van der Waals surface area contributed by atoms with E-state index in [1.165, 1.54) is 0 Å². The quantitative estimate of drug-likeness (QED) is 0.266. The molecule has 0 bridgehead atoms. The molecular weight excluding hydrogens is 458 g/mol. The van der Waals surface area contributed by atoms with Crippen molar-refractivity contribution in [2.45, 2.75) is 52.9 Å². The molecule has 0 fully saturated rings. The van der Waals surface area contributed by atoms with Crippen molar-refractivity contribution in [1.82, 2.24) is 4.98 Å². The SMILES string of the molecule is CC(=O)[C@@H](OC(C)(C)C)c1c(C)cc2nc(OCc3ccccc3)ccc2c1-c1ccc(Cl)cc1. The Morgan fingerprint density at radius 2 is 1.69 bits per heavy atom. The predicted octanol–water partition coefficient (Wildman–Crippen LogP) is 7.89. The summed E-state index contributed by atoms with van der Waals surface area (Å²) in [6, 6.07) is 23.5. The molecule has 5 heteroatoms. The van der Waals surface area contributed by atoms with E-state index in [1.807, 2.05) is 100 Å². The molecular formula is C30H30ClNO3. The van der Waals surface area contributed by atoms with Gasteiger partial charge in [-0.25, -0.2) is 4.98 Å². The Bertz CT molecular complexity index is 1340. The number of ether oxygens (including phenoxy) is 2. The molecule has 0 radical (unpaired) electrons. The molecule has 4 nitrogen and oxygen atoms in total. The summed E-state index contributed by atoms with van der Waals surface area (Å²) in [4.78, 5) is 17.6. The Hall–Kier alpha value is -3.21. The zero-order valence-corrected chi connectivity index (χ0v) is 21.5. The van der Waals surface area contributed by atoms with Crippen molar-refractivity contribution in [3.8, 4) is 17.0 Å². The summed E-state index contributed by atoms with van der Waals surface area (Å²) in [5.74, 6) is 0.498. The zero-order valence-electron chi connectivity index (χ0n) is 20.8. The molecule has 3 aromatic carbocycles. The van der Waals surface area contributed by atoms with Crippen LogP contribution in [0.2, 0.25) is 5.02 Å². The van der Waals surface area contributed by atoms with E-state index in [2.05, 4.69) is 0 Å². The predicted molar refractivity (Wildman–Crippen MR) is 142 cm³/mol. The van der Waals surface area contributed by atoms with E-state index >= 15 is 0 Å². The highest BCUT2D eigenvalue weighted by atomic mass is 35.5. The number of carbonyl (C=O) groups excluding carboxylic acids is 1. The fourth-order valence-corrected chi connectivity index (χ4v) is 4.30. The molecule has 4 aromatic rings. The van der Waals surface area contributed by atoms with Crippen LogP contribution in [-0.2, 0) is 16.1 Å². The molecule has 35 heavy (non-hydrogen) atoms. The van der Waals surface area contributed by atoms with Gasteiger partial charge in [-0.3, -0.25) is 4.79 Å². The van der Waals surface area contributed by atoms with Crippen LogP contribution in [0.1, 0.15) is 50.5 Å². The Labute approximate surface area is 211 Å². The third kappa shape index (κ3) is 5.90. The number of fused-ring (bicyclic) bond motifs is 1. The van der Waals surface area contributed by atoms with Gasteiger partial charge in [0.15, 0.2) is 5.78 Å². The van der Waals surface area contributed by atoms with E-state index in [1.54, 1.807) is 6.92 Å². The van der Waals surface area contributed by atoms with Gasteiger partial charge in [0.2, 0.25) is 5.88 Å². The average molecular weight is 488 g/mol. The third-order valence-electron chi connectivity index (χ3n) is 5.68. The van der Waals surface area contributed by atoms with Crippen molar-refractivity contribution in [3.05, 3.63) is 94.5 Å². The molecule has 0 aliphatic carbocycles. The van der Waals surface area contributed by atoms with Gasteiger partial charge in [-0.15, -0.1) is 0 Å². The number of benzene rings is 3. The maximum Gasteiger partial charge on any atom is 0.214 e.